The quantitative estimate of drug-likeness (QED) is 0.578. The van der Waals surface area contributed by atoms with Gasteiger partial charge < -0.3 is 15.0 Å². The maximum absolute atomic E-state index is 13.1. The molecule has 0 bridgehead atoms. The molecular formula is C20H24ClN3O4S. The van der Waals surface area contributed by atoms with Crippen molar-refractivity contribution in [1.29, 1.82) is 0 Å². The predicted molar refractivity (Wildman–Crippen MR) is 114 cm³/mol. The van der Waals surface area contributed by atoms with Crippen LogP contribution in [0.3, 0.4) is 0 Å². The van der Waals surface area contributed by atoms with E-state index in [1.807, 2.05) is 0 Å². The lowest BCUT2D eigenvalue weighted by atomic mass is 9.94. The summed E-state index contributed by atoms with van der Waals surface area (Å²) in [5.74, 6) is -1.79. The molecule has 0 aromatic heterocycles. The van der Waals surface area contributed by atoms with Gasteiger partial charge in [0.05, 0.1) is 5.69 Å². The molecule has 3 amide bonds. The number of nitrogens with one attached hydrogen (secondary N) is 1. The largest absolute Gasteiger partial charge is 0.444 e. The molecule has 1 aromatic carbocycles. The molecule has 9 heteroatoms. The number of likely N-dealkylation sites (tertiary alicyclic amines) is 1. The van der Waals surface area contributed by atoms with E-state index in [2.05, 4.69) is 5.32 Å². The molecule has 0 spiro atoms. The van der Waals surface area contributed by atoms with Gasteiger partial charge in [-0.25, -0.2) is 4.79 Å². The lowest BCUT2D eigenvalue weighted by Crippen LogP contribution is -2.59. The molecule has 0 saturated carbocycles. The maximum atomic E-state index is 13.1. The van der Waals surface area contributed by atoms with E-state index in [0.29, 0.717) is 23.7 Å². The van der Waals surface area contributed by atoms with Crippen LogP contribution >= 0.6 is 23.8 Å². The molecule has 2 saturated heterocycles. The second kappa shape index (κ2) is 8.28. The molecule has 1 aromatic rings. The van der Waals surface area contributed by atoms with Crippen LogP contribution in [-0.4, -0.2) is 46.1 Å². The van der Waals surface area contributed by atoms with Crippen molar-refractivity contribution in [2.24, 2.45) is 5.92 Å². The fourth-order valence-electron chi connectivity index (χ4n) is 3.57. The Kier molecular flexibility index (Phi) is 6.14. The highest BCUT2D eigenvalue weighted by atomic mass is 35.5. The Morgan fingerprint density at radius 1 is 1.28 bits per heavy atom. The fourth-order valence-corrected chi connectivity index (χ4v) is 3.99. The number of carbonyl (C=O) groups is 3. The summed E-state index contributed by atoms with van der Waals surface area (Å²) in [4.78, 5) is 41.1. The molecule has 1 unspecified atom stereocenters. The van der Waals surface area contributed by atoms with E-state index in [4.69, 9.17) is 28.6 Å². The van der Waals surface area contributed by atoms with Crippen LogP contribution < -0.4 is 10.2 Å². The number of rotatable bonds is 3. The highest BCUT2D eigenvalue weighted by Gasteiger charge is 2.43. The molecule has 7 nitrogen and oxygen atoms in total. The third-order valence-electron chi connectivity index (χ3n) is 4.87. The van der Waals surface area contributed by atoms with Crippen LogP contribution in [0.15, 0.2) is 24.3 Å². The Morgan fingerprint density at radius 2 is 1.93 bits per heavy atom. The summed E-state index contributed by atoms with van der Waals surface area (Å²) in [5.41, 5.74) is -0.0790. The maximum Gasteiger partial charge on any atom is 0.410 e. The number of benzene rings is 1. The minimum atomic E-state index is -0.939. The molecule has 29 heavy (non-hydrogen) atoms. The molecule has 156 valence electrons. The van der Waals surface area contributed by atoms with Crippen molar-refractivity contribution in [3.05, 3.63) is 29.3 Å². The molecular weight excluding hydrogens is 414 g/mol. The Morgan fingerprint density at radius 3 is 2.55 bits per heavy atom. The molecule has 0 radical (unpaired) electrons. The second-order valence-electron chi connectivity index (χ2n) is 8.20. The molecule has 2 atom stereocenters. The Hall–Kier alpha value is -2.19. The summed E-state index contributed by atoms with van der Waals surface area (Å²) >= 11 is 11.1. The van der Waals surface area contributed by atoms with Gasteiger partial charge in [0.25, 0.3) is 0 Å². The number of thiocarbonyl (C=S) groups is 1. The van der Waals surface area contributed by atoms with Gasteiger partial charge in [-0.15, -0.1) is 0 Å². The van der Waals surface area contributed by atoms with Crippen molar-refractivity contribution in [2.75, 3.05) is 11.4 Å². The number of carbonyl (C=O) groups excluding carboxylic acids is 3. The van der Waals surface area contributed by atoms with Gasteiger partial charge in [0.1, 0.15) is 11.5 Å². The first-order chi connectivity index (χ1) is 13.6. The number of halogens is 1. The molecule has 2 heterocycles. The van der Waals surface area contributed by atoms with E-state index < -0.39 is 29.4 Å². The van der Waals surface area contributed by atoms with E-state index in [1.165, 1.54) is 4.90 Å². The molecule has 0 aliphatic carbocycles. The Bertz CT molecular complexity index is 837. The van der Waals surface area contributed by atoms with Crippen LogP contribution in [0.1, 0.15) is 40.0 Å². The van der Waals surface area contributed by atoms with Gasteiger partial charge in [-0.1, -0.05) is 11.6 Å². The summed E-state index contributed by atoms with van der Waals surface area (Å²) in [5, 5.41) is 3.18. The lowest BCUT2D eigenvalue weighted by Gasteiger charge is -2.35. The first-order valence-corrected chi connectivity index (χ1v) is 10.3. The topological polar surface area (TPSA) is 79.0 Å². The molecule has 1 N–H and O–H groups in total. The van der Waals surface area contributed by atoms with E-state index >= 15 is 0 Å². The number of amides is 3. The van der Waals surface area contributed by atoms with Gasteiger partial charge in [0, 0.05) is 17.6 Å². The summed E-state index contributed by atoms with van der Waals surface area (Å²) in [7, 11) is 0. The highest BCUT2D eigenvalue weighted by Crippen LogP contribution is 2.30. The zero-order valence-electron chi connectivity index (χ0n) is 16.6. The van der Waals surface area contributed by atoms with Crippen LogP contribution in [0.2, 0.25) is 5.02 Å². The van der Waals surface area contributed by atoms with Crippen molar-refractivity contribution < 1.29 is 19.1 Å². The van der Waals surface area contributed by atoms with E-state index in [-0.39, 0.29) is 17.6 Å². The lowest BCUT2D eigenvalue weighted by molar-refractivity contribution is -0.134. The molecule has 2 fully saturated rings. The third kappa shape index (κ3) is 4.87. The van der Waals surface area contributed by atoms with Crippen LogP contribution in [0.4, 0.5) is 10.5 Å². The zero-order valence-corrected chi connectivity index (χ0v) is 18.2. The van der Waals surface area contributed by atoms with Gasteiger partial charge in [-0.2, -0.15) is 0 Å². The number of anilines is 1. The minimum Gasteiger partial charge on any atom is -0.444 e. The summed E-state index contributed by atoms with van der Waals surface area (Å²) < 4.78 is 5.47. The number of nitrogens with zero attached hydrogens (tertiary/aromatic N) is 2. The molecule has 2 aliphatic rings. The highest BCUT2D eigenvalue weighted by molar-refractivity contribution is 7.80. The zero-order chi connectivity index (χ0) is 21.3. The number of hydrogen-bond donors (Lipinski definition) is 1. The SMILES string of the molecule is CC(C)(C)OC(=O)N1CCC[C@H]1CC1C(=O)NC(=S)N(c2ccc(Cl)cc2)C1=O. The third-order valence-corrected chi connectivity index (χ3v) is 5.40. The van der Waals surface area contributed by atoms with Crippen LogP contribution in [0.25, 0.3) is 0 Å². The average Bonchev–Trinajstić information content (AvgIpc) is 3.07. The summed E-state index contributed by atoms with van der Waals surface area (Å²) in [6.45, 7) is 5.96. The predicted octanol–water partition coefficient (Wildman–Crippen LogP) is 3.49. The minimum absolute atomic E-state index is 0.0361. The average molecular weight is 438 g/mol. The van der Waals surface area contributed by atoms with Gasteiger partial charge in [0.2, 0.25) is 11.8 Å². The second-order valence-corrected chi connectivity index (χ2v) is 9.03. The van der Waals surface area contributed by atoms with Crippen LogP contribution in [-0.2, 0) is 14.3 Å². The van der Waals surface area contributed by atoms with Crippen molar-refractivity contribution in [1.82, 2.24) is 10.2 Å². The Labute approximate surface area is 180 Å². The van der Waals surface area contributed by atoms with Crippen molar-refractivity contribution >= 4 is 52.5 Å². The monoisotopic (exact) mass is 437 g/mol. The molecule has 2 aliphatic heterocycles. The van der Waals surface area contributed by atoms with Gasteiger partial charge in [0.15, 0.2) is 5.11 Å². The Balaban J connectivity index is 1.77. The van der Waals surface area contributed by atoms with Gasteiger partial charge in [-0.05, 0) is 76.5 Å². The van der Waals surface area contributed by atoms with Crippen molar-refractivity contribution in [3.8, 4) is 0 Å². The van der Waals surface area contributed by atoms with E-state index in [0.717, 1.165) is 6.42 Å². The first kappa shape index (κ1) is 21.5. The standard InChI is InChI=1S/C20H24ClN3O4S/c1-20(2,3)28-19(27)23-10-4-5-14(23)11-15-16(25)22-18(29)24(17(15)26)13-8-6-12(21)7-9-13/h6-9,14-15H,4-5,10-11H2,1-3H3,(H,22,25,29)/t14-,15?/m0/s1. The normalized spacial score (nSPS) is 22.7. The summed E-state index contributed by atoms with van der Waals surface area (Å²) in [6.07, 6.45) is 1.30. The smallest absolute Gasteiger partial charge is 0.410 e. The van der Waals surface area contributed by atoms with Crippen molar-refractivity contribution in [2.45, 2.75) is 51.7 Å². The van der Waals surface area contributed by atoms with Crippen LogP contribution in [0, 0.1) is 5.92 Å². The van der Waals surface area contributed by atoms with Crippen molar-refractivity contribution in [3.63, 3.8) is 0 Å². The van der Waals surface area contributed by atoms with Gasteiger partial charge in [-0.3, -0.25) is 14.5 Å². The van der Waals surface area contributed by atoms with Gasteiger partial charge >= 0.3 is 6.09 Å². The fraction of sp³-hybridized carbons (Fsp3) is 0.500. The number of ether oxygens (including phenoxy) is 1. The molecule has 3 rings (SSSR count). The van der Waals surface area contributed by atoms with Crippen LogP contribution in [0.5, 0.6) is 0 Å². The van der Waals surface area contributed by atoms with E-state index in [1.54, 1.807) is 49.9 Å². The first-order valence-electron chi connectivity index (χ1n) is 9.51. The van der Waals surface area contributed by atoms with E-state index in [9.17, 15) is 14.4 Å². The summed E-state index contributed by atoms with van der Waals surface area (Å²) in [6, 6.07) is 6.40. The number of hydrogen-bond acceptors (Lipinski definition) is 5.